The van der Waals surface area contributed by atoms with Crippen LogP contribution in [0.5, 0.6) is 28.7 Å². The molecule has 4 aliphatic heterocycles. The third-order valence-electron chi connectivity index (χ3n) is 10.2. The highest BCUT2D eigenvalue weighted by atomic mass is 16.7. The highest BCUT2D eigenvalue weighted by Crippen LogP contribution is 2.41. The summed E-state index contributed by atoms with van der Waals surface area (Å²) >= 11 is 0. The quantitative estimate of drug-likeness (QED) is 0.151. The maximum atomic E-state index is 5.66. The minimum absolute atomic E-state index is 0.110. The Bertz CT molecular complexity index is 2370. The van der Waals surface area contributed by atoms with Crippen LogP contribution in [0.4, 0.5) is 0 Å². The third-order valence-corrected chi connectivity index (χ3v) is 10.2. The SMILES string of the molecule is C1=Cc2ccccc2OC1.CC(C)(C)C.CC(C)(C)C.CC(C)(C)c1ccc2c(c1)CCO2.CC(C)(C)c1cccc2c1OCC2.CC(C)(C)c1cccc2c1OCO2.c1ccc2occc2c1. The van der Waals surface area contributed by atoms with Crippen molar-refractivity contribution in [2.24, 2.45) is 10.8 Å². The number of rotatable bonds is 0. The van der Waals surface area contributed by atoms with Crippen LogP contribution < -0.4 is 23.7 Å². The van der Waals surface area contributed by atoms with E-state index in [9.17, 15) is 0 Å². The number of ether oxygens (including phenoxy) is 5. The predicted octanol–water partition coefficient (Wildman–Crippen LogP) is 17.2. The van der Waals surface area contributed by atoms with Crippen LogP contribution in [0.2, 0.25) is 0 Å². The molecule has 0 amide bonds. The maximum absolute atomic E-state index is 5.66. The number of furan rings is 1. The second-order valence-corrected chi connectivity index (χ2v) is 23.8. The zero-order valence-electron chi connectivity index (χ0n) is 44.8. The van der Waals surface area contributed by atoms with Crippen molar-refractivity contribution in [1.29, 1.82) is 0 Å². The zero-order chi connectivity index (χ0) is 50.3. The summed E-state index contributed by atoms with van der Waals surface area (Å²) in [7, 11) is 0. The lowest BCUT2D eigenvalue weighted by Crippen LogP contribution is -2.12. The largest absolute Gasteiger partial charge is 0.493 e. The fourth-order valence-electron chi connectivity index (χ4n) is 6.95. The molecule has 0 N–H and O–H groups in total. The van der Waals surface area contributed by atoms with E-state index >= 15 is 0 Å². The lowest BCUT2D eigenvalue weighted by Gasteiger charge is -2.21. The van der Waals surface area contributed by atoms with Gasteiger partial charge in [-0.3, -0.25) is 0 Å². The van der Waals surface area contributed by atoms with Gasteiger partial charge in [-0.1, -0.05) is 203 Å². The summed E-state index contributed by atoms with van der Waals surface area (Å²) in [4.78, 5) is 0. The Morgan fingerprint density at radius 1 is 0.426 bits per heavy atom. The Hall–Kier alpha value is -5.62. The Kier molecular flexibility index (Phi) is 19.5. The summed E-state index contributed by atoms with van der Waals surface area (Å²) in [5.74, 6) is 4.98. The van der Waals surface area contributed by atoms with Gasteiger partial charge in [0, 0.05) is 29.4 Å². The zero-order valence-corrected chi connectivity index (χ0v) is 44.8. The van der Waals surface area contributed by atoms with E-state index in [4.69, 9.17) is 28.1 Å². The smallest absolute Gasteiger partial charge is 0.231 e. The summed E-state index contributed by atoms with van der Waals surface area (Å²) in [6.45, 7) is 40.2. The molecule has 368 valence electrons. The summed E-state index contributed by atoms with van der Waals surface area (Å²) in [6, 6.07) is 37.0. The molecule has 1 aromatic heterocycles. The van der Waals surface area contributed by atoms with Crippen LogP contribution in [0.3, 0.4) is 0 Å². The van der Waals surface area contributed by atoms with E-state index in [1.54, 1.807) is 6.26 Å². The van der Waals surface area contributed by atoms with Gasteiger partial charge in [-0.25, -0.2) is 0 Å². The summed E-state index contributed by atoms with van der Waals surface area (Å²) in [5.41, 5.74) is 10.4. The van der Waals surface area contributed by atoms with Crippen molar-refractivity contribution in [3.63, 3.8) is 0 Å². The first-order valence-corrected chi connectivity index (χ1v) is 24.4. The number of benzene rings is 5. The maximum Gasteiger partial charge on any atom is 0.231 e. The number of hydrogen-bond acceptors (Lipinski definition) is 6. The Morgan fingerprint density at radius 2 is 1.00 bits per heavy atom. The molecule has 0 fully saturated rings. The molecule has 0 saturated carbocycles. The van der Waals surface area contributed by atoms with Crippen molar-refractivity contribution < 1.29 is 28.1 Å². The van der Waals surface area contributed by atoms with E-state index in [2.05, 4.69) is 166 Å². The van der Waals surface area contributed by atoms with Gasteiger partial charge in [0.1, 0.15) is 29.4 Å². The molecule has 10 rings (SSSR count). The second-order valence-electron chi connectivity index (χ2n) is 23.8. The normalized spacial score (nSPS) is 13.8. The van der Waals surface area contributed by atoms with Gasteiger partial charge in [-0.15, -0.1) is 0 Å². The Labute approximate surface area is 411 Å². The van der Waals surface area contributed by atoms with Gasteiger partial charge in [0.05, 0.1) is 19.5 Å². The molecule has 0 unspecified atom stereocenters. The topological polar surface area (TPSA) is 59.3 Å². The number of fused-ring (bicyclic) bond motifs is 5. The third kappa shape index (κ3) is 18.8. The van der Waals surface area contributed by atoms with Crippen molar-refractivity contribution in [2.45, 2.75) is 147 Å². The molecule has 0 atom stereocenters. The van der Waals surface area contributed by atoms with E-state index < -0.39 is 0 Å². The standard InChI is InChI=1S/2C12H16O.C11H14O2.C9H8O.C8H6O.2C5H12/c1-12(2,3)10-4-5-11-9(8-10)6-7-13-11;1-12(2,3)10-6-4-5-9-7-8-13-11(9)10;1-11(2,3)8-5-4-6-9-10(8)13-7-12-9;1-2-6-9-8(4-1)5-3-7-10-9;1-2-4-8-7(3-1)5-6-9-8;2*1-5(2,3)4/h4-5,8H,6-7H2,1-3H3;4-6H,7-8H2,1-3H3;4-6H,7H2,1-3H3;1-6H,7H2;1-6H;2*1-4H3. The summed E-state index contributed by atoms with van der Waals surface area (Å²) < 4.78 is 32.3. The molecule has 5 heterocycles. The van der Waals surface area contributed by atoms with Gasteiger partial charge >= 0.3 is 0 Å². The van der Waals surface area contributed by atoms with Crippen LogP contribution in [0.1, 0.15) is 151 Å². The molecule has 6 heteroatoms. The van der Waals surface area contributed by atoms with Gasteiger partial charge in [0.25, 0.3) is 0 Å². The molecule has 0 saturated heterocycles. The second kappa shape index (κ2) is 24.1. The monoisotopic (exact) mass is 925 g/mol. The van der Waals surface area contributed by atoms with E-state index in [1.165, 1.54) is 33.4 Å². The highest BCUT2D eigenvalue weighted by Gasteiger charge is 2.26. The van der Waals surface area contributed by atoms with E-state index in [-0.39, 0.29) is 16.2 Å². The molecule has 0 bridgehead atoms. The van der Waals surface area contributed by atoms with Crippen LogP contribution in [0.25, 0.3) is 17.0 Å². The molecular formula is C62H84O6. The van der Waals surface area contributed by atoms with Crippen molar-refractivity contribution in [1.82, 2.24) is 0 Å². The van der Waals surface area contributed by atoms with Gasteiger partial charge < -0.3 is 28.1 Å². The van der Waals surface area contributed by atoms with Gasteiger partial charge in [0.15, 0.2) is 11.5 Å². The van der Waals surface area contributed by atoms with Crippen LogP contribution in [0, 0.1) is 10.8 Å². The molecule has 6 aromatic rings. The average molecular weight is 925 g/mol. The van der Waals surface area contributed by atoms with Gasteiger partial charge in [0.2, 0.25) is 6.79 Å². The molecular weight excluding hydrogens is 841 g/mol. The van der Waals surface area contributed by atoms with Crippen LogP contribution in [0.15, 0.2) is 126 Å². The fraction of sp³-hybridized carbons (Fsp3) is 0.452. The molecule has 6 nitrogen and oxygen atoms in total. The molecule has 5 aromatic carbocycles. The van der Waals surface area contributed by atoms with Crippen molar-refractivity contribution in [2.75, 3.05) is 26.6 Å². The van der Waals surface area contributed by atoms with Crippen LogP contribution in [-0.2, 0) is 29.1 Å². The molecule has 0 spiro atoms. The lowest BCUT2D eigenvalue weighted by atomic mass is 9.85. The van der Waals surface area contributed by atoms with Crippen LogP contribution in [-0.4, -0.2) is 26.6 Å². The van der Waals surface area contributed by atoms with E-state index in [0.717, 1.165) is 65.8 Å². The number of para-hydroxylation sites is 4. The molecule has 0 aliphatic carbocycles. The first-order chi connectivity index (χ1) is 31.7. The first kappa shape index (κ1) is 55.0. The lowest BCUT2D eigenvalue weighted by molar-refractivity contribution is 0.172. The Morgan fingerprint density at radius 3 is 1.63 bits per heavy atom. The van der Waals surface area contributed by atoms with Gasteiger partial charge in [-0.2, -0.15) is 0 Å². The molecule has 0 radical (unpaired) electrons. The fourth-order valence-corrected chi connectivity index (χ4v) is 6.95. The predicted molar refractivity (Wildman–Crippen MR) is 287 cm³/mol. The molecule has 4 aliphatic rings. The van der Waals surface area contributed by atoms with Crippen molar-refractivity contribution in [3.05, 3.63) is 155 Å². The van der Waals surface area contributed by atoms with Gasteiger partial charge in [-0.05, 0) is 85.7 Å². The summed E-state index contributed by atoms with van der Waals surface area (Å²) in [5, 5.41) is 1.16. The Balaban J connectivity index is 0.000000177. The van der Waals surface area contributed by atoms with Crippen molar-refractivity contribution >= 4 is 17.0 Å². The number of hydrogen-bond donors (Lipinski definition) is 0. The first-order valence-electron chi connectivity index (χ1n) is 24.4. The van der Waals surface area contributed by atoms with E-state index in [0.29, 0.717) is 24.2 Å². The minimum Gasteiger partial charge on any atom is -0.493 e. The minimum atomic E-state index is 0.110. The highest BCUT2D eigenvalue weighted by molar-refractivity contribution is 5.76. The van der Waals surface area contributed by atoms with E-state index in [1.807, 2.05) is 72.8 Å². The van der Waals surface area contributed by atoms with Crippen LogP contribution >= 0.6 is 0 Å². The summed E-state index contributed by atoms with van der Waals surface area (Å²) in [6.07, 6.45) is 7.93. The average Bonchev–Trinajstić information content (AvgIpc) is 4.09. The molecule has 68 heavy (non-hydrogen) atoms. The van der Waals surface area contributed by atoms with Crippen molar-refractivity contribution in [3.8, 4) is 28.7 Å².